The Hall–Kier alpha value is -1.38. The predicted octanol–water partition coefficient (Wildman–Crippen LogP) is 4.21. The van der Waals surface area contributed by atoms with Gasteiger partial charge in [0, 0.05) is 18.5 Å². The van der Waals surface area contributed by atoms with E-state index in [2.05, 4.69) is 26.2 Å². The lowest BCUT2D eigenvalue weighted by Crippen LogP contribution is -2.09. The fourth-order valence-electron chi connectivity index (χ4n) is 1.53. The number of nitro groups is 1. The summed E-state index contributed by atoms with van der Waals surface area (Å²) in [5.74, 6) is 0.389. The lowest BCUT2D eigenvalue weighted by Gasteiger charge is -2.10. The summed E-state index contributed by atoms with van der Waals surface area (Å²) in [7, 11) is 0. The van der Waals surface area contributed by atoms with Gasteiger partial charge in [0.1, 0.15) is 12.0 Å². The van der Waals surface area contributed by atoms with E-state index < -0.39 is 17.5 Å². The minimum Gasteiger partial charge on any atom is -0.369 e. The second-order valence-corrected chi connectivity index (χ2v) is 4.98. The predicted molar refractivity (Wildman–Crippen MR) is 71.7 cm³/mol. The Kier molecular flexibility index (Phi) is 5.73. The molecule has 1 rings (SSSR count). The van der Waals surface area contributed by atoms with Gasteiger partial charge in [0.25, 0.3) is 5.69 Å². The molecule has 0 aliphatic carbocycles. The third-order valence-corrected chi connectivity index (χ3v) is 3.58. The van der Waals surface area contributed by atoms with Gasteiger partial charge in [-0.05, 0) is 35.7 Å². The van der Waals surface area contributed by atoms with Gasteiger partial charge < -0.3 is 5.32 Å². The quantitative estimate of drug-likeness (QED) is 0.471. The molecule has 0 aromatic carbocycles. The van der Waals surface area contributed by atoms with Crippen LogP contribution in [-0.2, 0) is 0 Å². The number of unbranched alkanes of at least 4 members (excludes halogenated alkanes) is 1. The molecule has 0 saturated heterocycles. The Morgan fingerprint density at radius 3 is 2.65 bits per heavy atom. The van der Waals surface area contributed by atoms with Gasteiger partial charge in [-0.2, -0.15) is 13.2 Å². The molecule has 9 heteroatoms. The van der Waals surface area contributed by atoms with E-state index in [1.165, 1.54) is 0 Å². The molecule has 1 aromatic heterocycles. The van der Waals surface area contributed by atoms with E-state index in [0.29, 0.717) is 28.8 Å². The number of nitrogens with zero attached hydrogens (tertiary/aromatic N) is 2. The number of halogens is 4. The number of anilines is 1. The van der Waals surface area contributed by atoms with Crippen molar-refractivity contribution in [2.45, 2.75) is 32.4 Å². The molecular weight excluding hydrogens is 343 g/mol. The zero-order valence-electron chi connectivity index (χ0n) is 10.6. The molecule has 1 aromatic rings. The summed E-state index contributed by atoms with van der Waals surface area (Å²) in [6.45, 7) is 1.89. The largest absolute Gasteiger partial charge is 0.389 e. The molecule has 0 unspecified atom stereocenters. The van der Waals surface area contributed by atoms with Gasteiger partial charge in [-0.25, -0.2) is 4.98 Å². The van der Waals surface area contributed by atoms with Crippen LogP contribution in [0.15, 0.2) is 10.7 Å². The summed E-state index contributed by atoms with van der Waals surface area (Å²) in [6, 6.07) is 0. The first-order valence-corrected chi connectivity index (χ1v) is 6.62. The lowest BCUT2D eigenvalue weighted by molar-refractivity contribution is -0.385. The second-order valence-electron chi connectivity index (χ2n) is 4.19. The van der Waals surface area contributed by atoms with Crippen LogP contribution in [0.1, 0.15) is 24.8 Å². The number of hydrogen-bond donors (Lipinski definition) is 1. The van der Waals surface area contributed by atoms with Crippen LogP contribution < -0.4 is 5.32 Å². The molecule has 0 atom stereocenters. The average Bonchev–Trinajstić information content (AvgIpc) is 2.32. The summed E-state index contributed by atoms with van der Waals surface area (Å²) in [5.41, 5.74) is 0.308. The molecule has 0 saturated carbocycles. The van der Waals surface area contributed by atoms with Crippen LogP contribution in [0, 0.1) is 17.0 Å². The van der Waals surface area contributed by atoms with Crippen LogP contribution >= 0.6 is 15.9 Å². The second kappa shape index (κ2) is 6.87. The first kappa shape index (κ1) is 16.7. The van der Waals surface area contributed by atoms with E-state index in [1.807, 2.05) is 0 Å². The third-order valence-electron chi connectivity index (χ3n) is 2.61. The Bertz CT molecular complexity index is 495. The van der Waals surface area contributed by atoms with E-state index in [4.69, 9.17) is 0 Å². The smallest absolute Gasteiger partial charge is 0.369 e. The highest BCUT2D eigenvalue weighted by Crippen LogP contribution is 2.30. The van der Waals surface area contributed by atoms with Gasteiger partial charge in [-0.1, -0.05) is 0 Å². The van der Waals surface area contributed by atoms with Gasteiger partial charge in [-0.3, -0.25) is 10.1 Å². The van der Waals surface area contributed by atoms with Crippen molar-refractivity contribution in [1.29, 1.82) is 0 Å². The number of pyridine rings is 1. The molecule has 112 valence electrons. The van der Waals surface area contributed by atoms with Crippen molar-refractivity contribution in [3.63, 3.8) is 0 Å². The fourth-order valence-corrected chi connectivity index (χ4v) is 1.98. The molecule has 0 fully saturated rings. The van der Waals surface area contributed by atoms with Crippen molar-refractivity contribution in [2.24, 2.45) is 0 Å². The number of nitrogens with one attached hydrogen (secondary N) is 1. The maximum absolute atomic E-state index is 11.9. The third kappa shape index (κ3) is 4.95. The van der Waals surface area contributed by atoms with E-state index in [9.17, 15) is 23.3 Å². The fraction of sp³-hybridized carbons (Fsp3) is 0.545. The average molecular weight is 356 g/mol. The maximum atomic E-state index is 11.9. The number of hydrogen-bond acceptors (Lipinski definition) is 4. The summed E-state index contributed by atoms with van der Waals surface area (Å²) in [4.78, 5) is 14.0. The minimum atomic E-state index is -4.14. The summed E-state index contributed by atoms with van der Waals surface area (Å²) in [5, 5.41) is 13.6. The van der Waals surface area contributed by atoms with Gasteiger partial charge in [0.2, 0.25) is 0 Å². The van der Waals surface area contributed by atoms with Crippen LogP contribution in [-0.4, -0.2) is 22.6 Å². The topological polar surface area (TPSA) is 68.1 Å². The molecular formula is C11H13BrF3N3O2. The molecule has 20 heavy (non-hydrogen) atoms. The van der Waals surface area contributed by atoms with E-state index in [0.717, 1.165) is 6.20 Å². The summed E-state index contributed by atoms with van der Waals surface area (Å²) < 4.78 is 36.3. The molecule has 0 aliphatic heterocycles. The zero-order valence-corrected chi connectivity index (χ0v) is 12.2. The molecule has 0 spiro atoms. The van der Waals surface area contributed by atoms with Crippen molar-refractivity contribution in [3.05, 3.63) is 26.3 Å². The van der Waals surface area contributed by atoms with Crippen molar-refractivity contribution in [1.82, 2.24) is 4.98 Å². The van der Waals surface area contributed by atoms with E-state index in [-0.39, 0.29) is 12.1 Å². The van der Waals surface area contributed by atoms with E-state index >= 15 is 0 Å². The minimum absolute atomic E-state index is 0.0279. The van der Waals surface area contributed by atoms with Gasteiger partial charge >= 0.3 is 6.18 Å². The Labute approximate surface area is 121 Å². The van der Waals surface area contributed by atoms with Crippen molar-refractivity contribution in [2.75, 3.05) is 11.9 Å². The molecule has 1 N–H and O–H groups in total. The maximum Gasteiger partial charge on any atom is 0.389 e. The first-order valence-electron chi connectivity index (χ1n) is 5.82. The normalized spacial score (nSPS) is 11.4. The van der Waals surface area contributed by atoms with Crippen LogP contribution in [0.3, 0.4) is 0 Å². The standard InChI is InChI=1S/C11H13BrF3N3O2/c1-7-8(18(19)20)6-17-10(9(7)12)16-5-3-2-4-11(13,14)15/h6H,2-5H2,1H3,(H,16,17). The summed E-state index contributed by atoms with van der Waals surface area (Å²) in [6.07, 6.45) is -3.47. The summed E-state index contributed by atoms with van der Waals surface area (Å²) >= 11 is 3.19. The van der Waals surface area contributed by atoms with Gasteiger partial charge in [-0.15, -0.1) is 0 Å². The highest BCUT2D eigenvalue weighted by Gasteiger charge is 2.25. The van der Waals surface area contributed by atoms with Crippen molar-refractivity contribution in [3.8, 4) is 0 Å². The number of aromatic nitrogens is 1. The zero-order chi connectivity index (χ0) is 15.3. The molecule has 0 amide bonds. The van der Waals surface area contributed by atoms with E-state index in [1.54, 1.807) is 6.92 Å². The lowest BCUT2D eigenvalue weighted by atomic mass is 10.2. The van der Waals surface area contributed by atoms with Gasteiger partial charge in [0.05, 0.1) is 9.40 Å². The van der Waals surface area contributed by atoms with Crippen LogP contribution in [0.5, 0.6) is 0 Å². The van der Waals surface area contributed by atoms with Crippen LogP contribution in [0.2, 0.25) is 0 Å². The van der Waals surface area contributed by atoms with Crippen molar-refractivity contribution < 1.29 is 18.1 Å². The highest BCUT2D eigenvalue weighted by molar-refractivity contribution is 9.10. The first-order chi connectivity index (χ1) is 9.22. The Balaban J connectivity index is 2.53. The molecule has 0 radical (unpaired) electrons. The molecule has 0 aliphatic rings. The number of rotatable bonds is 6. The molecule has 5 nitrogen and oxygen atoms in total. The molecule has 1 heterocycles. The Morgan fingerprint density at radius 1 is 1.45 bits per heavy atom. The van der Waals surface area contributed by atoms with Gasteiger partial charge in [0.15, 0.2) is 0 Å². The SMILES string of the molecule is Cc1c([N+](=O)[O-])cnc(NCCCCC(F)(F)F)c1Br. The van der Waals surface area contributed by atoms with Crippen molar-refractivity contribution >= 4 is 27.4 Å². The van der Waals surface area contributed by atoms with Crippen LogP contribution in [0.4, 0.5) is 24.7 Å². The molecule has 0 bridgehead atoms. The monoisotopic (exact) mass is 355 g/mol. The Morgan fingerprint density at radius 2 is 2.10 bits per heavy atom. The van der Waals surface area contributed by atoms with Crippen LogP contribution in [0.25, 0.3) is 0 Å². The number of alkyl halides is 3. The highest BCUT2D eigenvalue weighted by atomic mass is 79.9.